The molecule has 0 atom stereocenters. The summed E-state index contributed by atoms with van der Waals surface area (Å²) in [5.41, 5.74) is 3.63. The molecule has 33 heavy (non-hydrogen) atoms. The number of para-hydroxylation sites is 2. The molecule has 168 valence electrons. The molecule has 0 N–H and O–H groups in total. The van der Waals surface area contributed by atoms with Crippen LogP contribution in [0.15, 0.2) is 60.7 Å². The largest absolute Gasteiger partial charge is 0.457 e. The van der Waals surface area contributed by atoms with Crippen molar-refractivity contribution in [2.75, 3.05) is 32.1 Å². The van der Waals surface area contributed by atoms with Gasteiger partial charge < -0.3 is 9.64 Å². The summed E-state index contributed by atoms with van der Waals surface area (Å²) in [7, 11) is 4.01. The standard InChI is InChI=1S/C26H24ClN3O2S/c1-16-14-17(27)15-22-24(16)28-26(33-22)30(13-12-29(2)3)25(31)23-18-8-4-6-10-20(18)32-21-11-7-5-9-19(21)23/h4-11,14-15,23H,12-13H2,1-3H3. The van der Waals surface area contributed by atoms with E-state index in [2.05, 4.69) is 4.90 Å². The number of fused-ring (bicyclic) bond motifs is 3. The van der Waals surface area contributed by atoms with Crippen LogP contribution in [0, 0.1) is 6.92 Å². The molecule has 0 saturated carbocycles. The van der Waals surface area contributed by atoms with Crippen LogP contribution in [0.2, 0.25) is 5.02 Å². The van der Waals surface area contributed by atoms with Gasteiger partial charge in [-0.2, -0.15) is 0 Å². The number of anilines is 1. The molecule has 1 aliphatic heterocycles. The normalized spacial score (nSPS) is 13.0. The Morgan fingerprint density at radius 3 is 2.30 bits per heavy atom. The smallest absolute Gasteiger partial charge is 0.241 e. The predicted molar refractivity (Wildman–Crippen MR) is 135 cm³/mol. The quantitative estimate of drug-likeness (QED) is 0.349. The molecule has 4 aromatic rings. The lowest BCUT2D eigenvalue weighted by molar-refractivity contribution is -0.119. The average molecular weight is 478 g/mol. The molecular weight excluding hydrogens is 454 g/mol. The average Bonchev–Trinajstić information content (AvgIpc) is 3.21. The van der Waals surface area contributed by atoms with Crippen LogP contribution in [0.25, 0.3) is 10.2 Å². The third-order valence-corrected chi connectivity index (χ3v) is 7.08. The number of amides is 1. The number of benzene rings is 3. The highest BCUT2D eigenvalue weighted by atomic mass is 35.5. The summed E-state index contributed by atoms with van der Waals surface area (Å²) in [5, 5.41) is 1.36. The zero-order valence-electron chi connectivity index (χ0n) is 18.7. The molecule has 0 aliphatic carbocycles. The summed E-state index contributed by atoms with van der Waals surface area (Å²) in [6.07, 6.45) is 0. The summed E-state index contributed by atoms with van der Waals surface area (Å²) in [5.74, 6) is 0.955. The summed E-state index contributed by atoms with van der Waals surface area (Å²) in [6.45, 7) is 3.24. The Labute approximate surface area is 202 Å². The molecule has 5 rings (SSSR count). The number of aryl methyl sites for hydroxylation is 1. The molecule has 0 spiro atoms. The SMILES string of the molecule is Cc1cc(Cl)cc2sc(N(CCN(C)C)C(=O)C3c4ccccc4Oc4ccccc43)nc12. The molecule has 1 aromatic heterocycles. The van der Waals surface area contributed by atoms with Crippen LogP contribution >= 0.6 is 22.9 Å². The monoisotopic (exact) mass is 477 g/mol. The van der Waals surface area contributed by atoms with E-state index in [0.29, 0.717) is 34.7 Å². The molecule has 7 heteroatoms. The summed E-state index contributed by atoms with van der Waals surface area (Å²) in [6, 6.07) is 19.4. The Kier molecular flexibility index (Phi) is 5.83. The van der Waals surface area contributed by atoms with E-state index >= 15 is 0 Å². The minimum atomic E-state index is -0.468. The third kappa shape index (κ3) is 4.10. The lowest BCUT2D eigenvalue weighted by Gasteiger charge is -2.31. The maximum absolute atomic E-state index is 14.3. The van der Waals surface area contributed by atoms with Crippen molar-refractivity contribution in [1.29, 1.82) is 0 Å². The van der Waals surface area contributed by atoms with E-state index in [9.17, 15) is 4.79 Å². The Hall–Kier alpha value is -2.93. The number of hydrogen-bond acceptors (Lipinski definition) is 5. The van der Waals surface area contributed by atoms with Gasteiger partial charge in [-0.15, -0.1) is 0 Å². The third-order valence-electron chi connectivity index (χ3n) is 5.83. The van der Waals surface area contributed by atoms with Gasteiger partial charge in [0.2, 0.25) is 5.91 Å². The molecule has 2 heterocycles. The highest BCUT2D eigenvalue weighted by Crippen LogP contribution is 2.45. The molecular formula is C26H24ClN3O2S. The molecule has 5 nitrogen and oxygen atoms in total. The summed E-state index contributed by atoms with van der Waals surface area (Å²) < 4.78 is 7.09. The molecule has 0 bridgehead atoms. The second kappa shape index (κ2) is 8.78. The molecule has 0 saturated heterocycles. The van der Waals surface area contributed by atoms with Gasteiger partial charge in [0.1, 0.15) is 11.5 Å². The van der Waals surface area contributed by atoms with Crippen LogP contribution in [-0.4, -0.2) is 43.0 Å². The highest BCUT2D eigenvalue weighted by molar-refractivity contribution is 7.22. The second-order valence-electron chi connectivity index (χ2n) is 8.47. The molecule has 0 radical (unpaired) electrons. The fraction of sp³-hybridized carbons (Fsp3) is 0.231. The van der Waals surface area contributed by atoms with Gasteiger partial charge in [-0.3, -0.25) is 9.69 Å². The minimum Gasteiger partial charge on any atom is -0.457 e. The van der Waals surface area contributed by atoms with Crippen molar-refractivity contribution < 1.29 is 9.53 Å². The zero-order chi connectivity index (χ0) is 23.1. The first-order valence-electron chi connectivity index (χ1n) is 10.8. The number of nitrogens with zero attached hydrogens (tertiary/aromatic N) is 3. The van der Waals surface area contributed by atoms with E-state index in [1.54, 1.807) is 0 Å². The maximum Gasteiger partial charge on any atom is 0.241 e. The number of ether oxygens (including phenoxy) is 1. The van der Waals surface area contributed by atoms with E-state index in [1.807, 2.05) is 86.6 Å². The van der Waals surface area contributed by atoms with Gasteiger partial charge in [0.25, 0.3) is 0 Å². The van der Waals surface area contributed by atoms with E-state index in [-0.39, 0.29) is 5.91 Å². The number of hydrogen-bond donors (Lipinski definition) is 0. The fourth-order valence-electron chi connectivity index (χ4n) is 4.19. The number of aromatic nitrogens is 1. The van der Waals surface area contributed by atoms with Crippen molar-refractivity contribution in [3.8, 4) is 11.5 Å². The zero-order valence-corrected chi connectivity index (χ0v) is 20.3. The van der Waals surface area contributed by atoms with Crippen LogP contribution in [-0.2, 0) is 4.79 Å². The molecule has 1 aliphatic rings. The topological polar surface area (TPSA) is 45.7 Å². The predicted octanol–water partition coefficient (Wildman–Crippen LogP) is 6.09. The van der Waals surface area contributed by atoms with E-state index in [0.717, 1.165) is 26.9 Å². The number of thiazole rings is 1. The Balaban J connectivity index is 1.63. The van der Waals surface area contributed by atoms with Gasteiger partial charge in [-0.25, -0.2) is 4.98 Å². The van der Waals surface area contributed by atoms with E-state index < -0.39 is 5.92 Å². The van der Waals surface area contributed by atoms with E-state index in [1.165, 1.54) is 11.3 Å². The van der Waals surface area contributed by atoms with Crippen LogP contribution in [0.1, 0.15) is 22.6 Å². The van der Waals surface area contributed by atoms with Crippen molar-refractivity contribution in [2.45, 2.75) is 12.8 Å². The lowest BCUT2D eigenvalue weighted by atomic mass is 9.87. The number of likely N-dealkylation sites (N-methyl/N-ethyl adjacent to an activating group) is 1. The molecule has 0 unspecified atom stereocenters. The first kappa shape index (κ1) is 21.9. The highest BCUT2D eigenvalue weighted by Gasteiger charge is 2.36. The van der Waals surface area contributed by atoms with Crippen molar-refractivity contribution in [1.82, 2.24) is 9.88 Å². The Morgan fingerprint density at radius 2 is 1.67 bits per heavy atom. The van der Waals surface area contributed by atoms with Gasteiger partial charge in [-0.05, 0) is 50.8 Å². The summed E-state index contributed by atoms with van der Waals surface area (Å²) >= 11 is 7.79. The lowest BCUT2D eigenvalue weighted by Crippen LogP contribution is -2.40. The van der Waals surface area contributed by atoms with Gasteiger partial charge in [-0.1, -0.05) is 59.3 Å². The Morgan fingerprint density at radius 1 is 1.03 bits per heavy atom. The van der Waals surface area contributed by atoms with Gasteiger partial charge >= 0.3 is 0 Å². The Bertz CT molecular complexity index is 1310. The van der Waals surface area contributed by atoms with E-state index in [4.69, 9.17) is 21.3 Å². The number of carbonyl (C=O) groups excluding carboxylic acids is 1. The van der Waals surface area contributed by atoms with Crippen molar-refractivity contribution in [3.63, 3.8) is 0 Å². The minimum absolute atomic E-state index is 0.0112. The number of rotatable bonds is 5. The fourth-order valence-corrected chi connectivity index (χ4v) is 5.64. The maximum atomic E-state index is 14.3. The van der Waals surface area contributed by atoms with Crippen molar-refractivity contribution in [3.05, 3.63) is 82.4 Å². The molecule has 0 fully saturated rings. The number of halogens is 1. The molecule has 3 aromatic carbocycles. The first-order valence-corrected chi connectivity index (χ1v) is 12.0. The van der Waals surface area contributed by atoms with Crippen LogP contribution in [0.5, 0.6) is 11.5 Å². The number of carbonyl (C=O) groups is 1. The molecule has 1 amide bonds. The van der Waals surface area contributed by atoms with Gasteiger partial charge in [0.15, 0.2) is 5.13 Å². The summed E-state index contributed by atoms with van der Waals surface area (Å²) in [4.78, 5) is 23.0. The van der Waals surface area contributed by atoms with Crippen molar-refractivity contribution >= 4 is 44.2 Å². The van der Waals surface area contributed by atoms with Crippen molar-refractivity contribution in [2.24, 2.45) is 0 Å². The van der Waals surface area contributed by atoms with Crippen LogP contribution in [0.4, 0.5) is 5.13 Å². The van der Waals surface area contributed by atoms with Crippen LogP contribution in [0.3, 0.4) is 0 Å². The first-order chi connectivity index (χ1) is 15.9. The van der Waals surface area contributed by atoms with Gasteiger partial charge in [0.05, 0.1) is 16.1 Å². The van der Waals surface area contributed by atoms with Gasteiger partial charge in [0, 0.05) is 29.2 Å². The second-order valence-corrected chi connectivity index (χ2v) is 9.92. The van der Waals surface area contributed by atoms with Crippen LogP contribution < -0.4 is 9.64 Å².